The second-order valence-electron chi connectivity index (χ2n) is 6.60. The van der Waals surface area contributed by atoms with Crippen LogP contribution in [0.25, 0.3) is 11.3 Å². The van der Waals surface area contributed by atoms with Gasteiger partial charge in [0.05, 0.1) is 18.1 Å². The van der Waals surface area contributed by atoms with Crippen molar-refractivity contribution in [2.24, 2.45) is 16.9 Å². The molecule has 5 rings (SSSR count). The first-order chi connectivity index (χ1) is 13.7. The molecule has 0 radical (unpaired) electrons. The third-order valence-corrected chi connectivity index (χ3v) is 4.93. The average molecular weight is 370 g/mol. The average Bonchev–Trinajstić information content (AvgIpc) is 3.42. The highest BCUT2D eigenvalue weighted by Crippen LogP contribution is 2.36. The Morgan fingerprint density at radius 3 is 2.39 bits per heavy atom. The highest BCUT2D eigenvalue weighted by atomic mass is 16.3. The van der Waals surface area contributed by atoms with Gasteiger partial charge in [0, 0.05) is 16.7 Å². The van der Waals surface area contributed by atoms with Crippen LogP contribution in [0, 0.1) is 11.8 Å². The van der Waals surface area contributed by atoms with E-state index >= 15 is 0 Å². The lowest BCUT2D eigenvalue weighted by Gasteiger charge is -2.28. The van der Waals surface area contributed by atoms with Crippen LogP contribution >= 0.6 is 0 Å². The van der Waals surface area contributed by atoms with Crippen LogP contribution in [0.5, 0.6) is 0 Å². The monoisotopic (exact) mass is 370 g/mol. The number of fused-ring (bicyclic) bond motifs is 2. The zero-order chi connectivity index (χ0) is 19.1. The molecule has 7 heteroatoms. The quantitative estimate of drug-likeness (QED) is 0.661. The molecule has 0 spiro atoms. The number of hydrogen-bond donors (Lipinski definition) is 0. The van der Waals surface area contributed by atoms with Gasteiger partial charge in [0.1, 0.15) is 24.2 Å². The maximum Gasteiger partial charge on any atom is 0.171 e. The largest absolute Gasteiger partial charge is 0.455 e. The van der Waals surface area contributed by atoms with Gasteiger partial charge in [0.25, 0.3) is 0 Å². The number of allylic oxidation sites excluding steroid dienone is 4. The van der Waals surface area contributed by atoms with E-state index in [1.807, 2.05) is 12.2 Å². The fourth-order valence-electron chi connectivity index (χ4n) is 3.54. The number of hydrogen-bond acceptors (Lipinski definition) is 6. The first-order valence-electron chi connectivity index (χ1n) is 8.77. The molecule has 2 aliphatic carbocycles. The van der Waals surface area contributed by atoms with Gasteiger partial charge >= 0.3 is 0 Å². The molecule has 2 aliphatic rings. The van der Waals surface area contributed by atoms with Crippen LogP contribution in [0.15, 0.2) is 76.8 Å². The van der Waals surface area contributed by atoms with Crippen LogP contribution in [-0.2, 0) is 0 Å². The molecule has 3 aromatic rings. The maximum atomic E-state index is 12.9. The summed E-state index contributed by atoms with van der Waals surface area (Å²) in [4.78, 5) is 25.7. The number of benzene rings is 1. The van der Waals surface area contributed by atoms with Crippen LogP contribution in [-0.4, -0.2) is 32.7 Å². The van der Waals surface area contributed by atoms with E-state index in [0.717, 1.165) is 5.56 Å². The number of furan rings is 1. The van der Waals surface area contributed by atoms with Gasteiger partial charge in [-0.3, -0.25) is 9.59 Å². The molecule has 0 unspecified atom stereocenters. The van der Waals surface area contributed by atoms with Gasteiger partial charge in [-0.1, -0.05) is 30.4 Å². The molecule has 136 valence electrons. The highest BCUT2D eigenvalue weighted by molar-refractivity contribution is 6.17. The number of carbonyl (C=O) groups excluding carboxylic acids is 2. The first-order valence-corrected chi connectivity index (χ1v) is 8.77. The third kappa shape index (κ3) is 2.64. The highest BCUT2D eigenvalue weighted by Gasteiger charge is 2.39. The van der Waals surface area contributed by atoms with E-state index in [4.69, 9.17) is 4.42 Å². The van der Waals surface area contributed by atoms with E-state index in [0.29, 0.717) is 22.6 Å². The zero-order valence-electron chi connectivity index (χ0n) is 14.6. The van der Waals surface area contributed by atoms with Crippen molar-refractivity contribution in [3.8, 4) is 11.3 Å². The summed E-state index contributed by atoms with van der Waals surface area (Å²) in [5.74, 6) is 0.248. The number of nitrogens with zero attached hydrogens (tertiary/aromatic N) is 4. The Balaban J connectivity index is 1.48. The predicted molar refractivity (Wildman–Crippen MR) is 101 cm³/mol. The summed E-state index contributed by atoms with van der Waals surface area (Å²) in [6.07, 6.45) is 11.7. The van der Waals surface area contributed by atoms with E-state index in [1.54, 1.807) is 48.7 Å². The van der Waals surface area contributed by atoms with Crippen molar-refractivity contribution in [3.63, 3.8) is 0 Å². The number of Topliss-reactive ketones (excluding diaryl/α,β-unsaturated/α-hetero) is 2. The Bertz CT molecular complexity index is 1170. The smallest absolute Gasteiger partial charge is 0.171 e. The van der Waals surface area contributed by atoms with E-state index in [1.165, 1.54) is 17.3 Å². The van der Waals surface area contributed by atoms with Crippen molar-refractivity contribution in [1.29, 1.82) is 0 Å². The summed E-state index contributed by atoms with van der Waals surface area (Å²) in [5, 5.41) is 11.5. The van der Waals surface area contributed by atoms with Gasteiger partial charge in [0.15, 0.2) is 11.6 Å². The second kappa shape index (κ2) is 6.38. The van der Waals surface area contributed by atoms with E-state index in [9.17, 15) is 9.59 Å². The summed E-state index contributed by atoms with van der Waals surface area (Å²) in [7, 11) is 0. The molecular formula is C21H14N4O3. The molecule has 28 heavy (non-hydrogen) atoms. The molecule has 0 N–H and O–H groups in total. The summed E-state index contributed by atoms with van der Waals surface area (Å²) in [6.45, 7) is 0. The SMILES string of the molecule is O=C1c2ccc(-c3ccc(C=Nn4cnnc4)o3)cc2C(=O)[C@@H]2C=CC=C[C@@H]12. The molecule has 7 nitrogen and oxygen atoms in total. The topological polar surface area (TPSA) is 90.3 Å². The second-order valence-corrected chi connectivity index (χ2v) is 6.60. The number of rotatable bonds is 3. The summed E-state index contributed by atoms with van der Waals surface area (Å²) < 4.78 is 7.26. The summed E-state index contributed by atoms with van der Waals surface area (Å²) >= 11 is 0. The molecular weight excluding hydrogens is 356 g/mol. The standard InChI is InChI=1S/C21H14N4O3/c26-20-15-3-1-2-4-16(15)21(27)18-9-13(5-7-17(18)20)19-8-6-14(28-19)10-24-25-11-22-23-12-25/h1-12,15-16H/t15-,16-/m1/s1. The third-order valence-electron chi connectivity index (χ3n) is 4.93. The van der Waals surface area contributed by atoms with Crippen molar-refractivity contribution in [1.82, 2.24) is 14.9 Å². The summed E-state index contributed by atoms with van der Waals surface area (Å²) in [6, 6.07) is 8.82. The fourth-order valence-corrected chi connectivity index (χ4v) is 3.54. The van der Waals surface area contributed by atoms with Crippen molar-refractivity contribution < 1.29 is 14.0 Å². The molecule has 2 atom stereocenters. The van der Waals surface area contributed by atoms with Crippen LogP contribution in [0.3, 0.4) is 0 Å². The molecule has 2 aromatic heterocycles. The normalized spacial score (nSPS) is 20.6. The van der Waals surface area contributed by atoms with Gasteiger partial charge in [-0.2, -0.15) is 5.10 Å². The predicted octanol–water partition coefficient (Wildman–Crippen LogP) is 3.16. The van der Waals surface area contributed by atoms with Crippen LogP contribution < -0.4 is 0 Å². The van der Waals surface area contributed by atoms with Crippen LogP contribution in [0.2, 0.25) is 0 Å². The van der Waals surface area contributed by atoms with Gasteiger partial charge in [-0.25, -0.2) is 4.68 Å². The number of aromatic nitrogens is 3. The molecule has 0 aliphatic heterocycles. The van der Waals surface area contributed by atoms with E-state index < -0.39 is 11.8 Å². The van der Waals surface area contributed by atoms with Crippen molar-refractivity contribution in [3.05, 3.63) is 84.2 Å². The van der Waals surface area contributed by atoms with Crippen molar-refractivity contribution >= 4 is 17.8 Å². The van der Waals surface area contributed by atoms with Gasteiger partial charge in [0.2, 0.25) is 0 Å². The lowest BCUT2D eigenvalue weighted by molar-refractivity contribution is 0.0801. The minimum Gasteiger partial charge on any atom is -0.455 e. The Labute approximate surface area is 159 Å². The van der Waals surface area contributed by atoms with E-state index in [-0.39, 0.29) is 11.6 Å². The Hall–Kier alpha value is -3.87. The lowest BCUT2D eigenvalue weighted by atomic mass is 9.72. The van der Waals surface area contributed by atoms with Gasteiger partial charge in [-0.15, -0.1) is 10.2 Å². The zero-order valence-corrected chi connectivity index (χ0v) is 14.6. The maximum absolute atomic E-state index is 12.9. The molecule has 0 amide bonds. The first kappa shape index (κ1) is 16.3. The molecule has 0 saturated carbocycles. The molecule has 1 aromatic carbocycles. The van der Waals surface area contributed by atoms with Crippen LogP contribution in [0.4, 0.5) is 0 Å². The molecule has 0 fully saturated rings. The Kier molecular flexibility index (Phi) is 3.72. The Morgan fingerprint density at radius 2 is 1.64 bits per heavy atom. The number of ketones is 2. The Morgan fingerprint density at radius 1 is 0.929 bits per heavy atom. The fraction of sp³-hybridized carbons (Fsp3) is 0.0952. The molecule has 2 heterocycles. The van der Waals surface area contributed by atoms with Crippen LogP contribution in [0.1, 0.15) is 26.5 Å². The lowest BCUT2D eigenvalue weighted by Crippen LogP contribution is -2.35. The van der Waals surface area contributed by atoms with E-state index in [2.05, 4.69) is 15.3 Å². The minimum atomic E-state index is -0.427. The van der Waals surface area contributed by atoms with Crippen molar-refractivity contribution in [2.75, 3.05) is 0 Å². The summed E-state index contributed by atoms with van der Waals surface area (Å²) in [5.41, 5.74) is 1.65. The van der Waals surface area contributed by atoms with Gasteiger partial charge < -0.3 is 4.42 Å². The minimum absolute atomic E-state index is 0.0204. The van der Waals surface area contributed by atoms with Gasteiger partial charge in [-0.05, 0) is 24.3 Å². The van der Waals surface area contributed by atoms with Crippen molar-refractivity contribution in [2.45, 2.75) is 0 Å². The molecule has 0 bridgehead atoms. The molecule has 0 saturated heterocycles. The number of carbonyl (C=O) groups is 2.